The molecule has 0 saturated heterocycles. The normalized spacial score (nSPS) is 17.2. The number of fused-ring (bicyclic) bond motifs is 4. The number of anilines is 1. The Morgan fingerprint density at radius 3 is 2.01 bits per heavy atom. The van der Waals surface area contributed by atoms with Crippen LogP contribution in [0.4, 0.5) is 5.69 Å². The topological polar surface area (TPSA) is 3.24 Å². The zero-order chi connectivity index (χ0) is 47.4. The van der Waals surface area contributed by atoms with E-state index in [0.29, 0.717) is 0 Å². The average Bonchev–Trinajstić information content (AvgIpc) is 3.60. The van der Waals surface area contributed by atoms with Gasteiger partial charge < -0.3 is 4.90 Å². The van der Waals surface area contributed by atoms with Gasteiger partial charge in [0.2, 0.25) is 0 Å². The predicted octanol–water partition coefficient (Wildman–Crippen LogP) is 15.6. The highest BCUT2D eigenvalue weighted by Crippen LogP contribution is 2.56. The molecule has 67 heavy (non-hydrogen) atoms. The van der Waals surface area contributed by atoms with E-state index in [4.69, 9.17) is 12.6 Å². The first-order valence-corrected chi connectivity index (χ1v) is 24.3. The fourth-order valence-corrected chi connectivity index (χ4v) is 11.7. The molecule has 1 spiro atoms. The van der Waals surface area contributed by atoms with Gasteiger partial charge in [-0.1, -0.05) is 173 Å². The van der Waals surface area contributed by atoms with Crippen molar-refractivity contribution in [1.82, 2.24) is 0 Å². The summed E-state index contributed by atoms with van der Waals surface area (Å²) in [5.74, 6) is 0. The number of aryl methyl sites for hydroxylation is 1. The molecule has 1 nitrogen and oxygen atoms in total. The summed E-state index contributed by atoms with van der Waals surface area (Å²) in [4.78, 5) is 3.46. The SMILES string of the molecule is C=C(C)C=C=C=Cc1cc2c(c(N(/C(C)=C(\S)c3ccccc3C)/C(C)=C/C3=C(C=CC)C(C)(C)CCC3(C)C)c1C)=CC1=CC=CC=c3c(cccc3=2)C12c1ccccc1-c1ccccc12. The second kappa shape index (κ2) is 17.6. The van der Waals surface area contributed by atoms with Gasteiger partial charge in [0.25, 0.3) is 0 Å². The molecule has 0 saturated carbocycles. The Kier molecular flexibility index (Phi) is 12.0. The van der Waals surface area contributed by atoms with Gasteiger partial charge in [0.05, 0.1) is 11.1 Å². The second-order valence-corrected chi connectivity index (χ2v) is 20.7. The summed E-state index contributed by atoms with van der Waals surface area (Å²) in [5, 5.41) is 4.74. The Labute approximate surface area is 404 Å². The van der Waals surface area contributed by atoms with Crippen LogP contribution in [0.5, 0.6) is 0 Å². The molecular formula is C65H63NS. The van der Waals surface area contributed by atoms with Crippen molar-refractivity contribution in [2.75, 3.05) is 4.90 Å². The van der Waals surface area contributed by atoms with Gasteiger partial charge in [-0.3, -0.25) is 0 Å². The molecule has 0 radical (unpaired) electrons. The van der Waals surface area contributed by atoms with Crippen LogP contribution in [0.15, 0.2) is 191 Å². The summed E-state index contributed by atoms with van der Waals surface area (Å²) >= 11 is 5.50. The van der Waals surface area contributed by atoms with E-state index in [-0.39, 0.29) is 10.8 Å². The fraction of sp³-hybridized carbons (Fsp3) is 0.231. The fourth-order valence-electron chi connectivity index (χ4n) is 11.3. The smallest absolute Gasteiger partial charge is 0.0719 e. The first-order chi connectivity index (χ1) is 32.1. The van der Waals surface area contributed by atoms with E-state index in [1.807, 2.05) is 13.0 Å². The molecule has 5 aromatic carbocycles. The molecule has 0 heterocycles. The standard InChI is InChI=1S/C65H63NS/c1-12-24-59-60(64(10,11)38-37-63(59,8)9)39-44(5)66(46(7)62(67)49-29-17-14-26-43(49)4)61-45(6)47(27-15-13-25-42(2)3)40-54-50-33-23-36-58-51(50)30-18-16-28-48(41-55(54)61)65(58)56-34-21-19-31-52(56)53-32-20-22-35-57(53)65/h12,14,16-36,39-41,67H,2,37-38H2,1,3-11H3/b18-16?,24-12?,27-25?,28-16?,30-18?,44-39+,48-28?,48-41?,51-30?,54-50?,55-41?,62-46-. The van der Waals surface area contributed by atoms with Crippen molar-refractivity contribution in [3.63, 3.8) is 0 Å². The Morgan fingerprint density at radius 1 is 0.716 bits per heavy atom. The molecule has 9 rings (SSSR count). The maximum Gasteiger partial charge on any atom is 0.0719 e. The molecular weight excluding hydrogens is 827 g/mol. The molecule has 0 atom stereocenters. The van der Waals surface area contributed by atoms with Crippen LogP contribution < -0.4 is 15.3 Å². The van der Waals surface area contributed by atoms with Gasteiger partial charge in [0.1, 0.15) is 0 Å². The zero-order valence-electron chi connectivity index (χ0n) is 41.0. The van der Waals surface area contributed by atoms with Gasteiger partial charge >= 0.3 is 0 Å². The molecule has 334 valence electrons. The minimum atomic E-state index is -0.572. The second-order valence-electron chi connectivity index (χ2n) is 20.2. The predicted molar refractivity (Wildman–Crippen MR) is 291 cm³/mol. The van der Waals surface area contributed by atoms with Crippen molar-refractivity contribution in [2.24, 2.45) is 10.8 Å². The maximum atomic E-state index is 5.50. The Bertz CT molecular complexity index is 3420. The third-order valence-electron chi connectivity index (χ3n) is 14.9. The van der Waals surface area contributed by atoms with E-state index in [2.05, 4.69) is 237 Å². The van der Waals surface area contributed by atoms with Crippen molar-refractivity contribution in [3.8, 4) is 11.1 Å². The summed E-state index contributed by atoms with van der Waals surface area (Å²) in [5.41, 5.74) is 25.3. The van der Waals surface area contributed by atoms with Gasteiger partial charge in [0, 0.05) is 21.5 Å². The van der Waals surface area contributed by atoms with Gasteiger partial charge in [-0.2, -0.15) is 0 Å². The first-order valence-electron chi connectivity index (χ1n) is 23.8. The molecule has 0 amide bonds. The monoisotopic (exact) mass is 889 g/mol. The van der Waals surface area contributed by atoms with E-state index in [1.165, 1.54) is 60.5 Å². The Balaban J connectivity index is 1.52. The highest BCUT2D eigenvalue weighted by atomic mass is 32.1. The van der Waals surface area contributed by atoms with Crippen molar-refractivity contribution < 1.29 is 0 Å². The summed E-state index contributed by atoms with van der Waals surface area (Å²) < 4.78 is 0. The van der Waals surface area contributed by atoms with Crippen LogP contribution in [-0.2, 0) is 5.41 Å². The lowest BCUT2D eigenvalue weighted by atomic mass is 9.62. The van der Waals surface area contributed by atoms with E-state index in [9.17, 15) is 0 Å². The number of allylic oxidation sites excluding steroid dienone is 13. The Morgan fingerprint density at radius 2 is 1.34 bits per heavy atom. The number of nitrogens with zero attached hydrogens (tertiary/aromatic N) is 1. The lowest BCUT2D eigenvalue weighted by Gasteiger charge is -2.43. The highest BCUT2D eigenvalue weighted by Gasteiger charge is 2.47. The largest absolute Gasteiger partial charge is 0.316 e. The van der Waals surface area contributed by atoms with Gasteiger partial charge in [-0.25, -0.2) is 0 Å². The van der Waals surface area contributed by atoms with Gasteiger partial charge in [0.15, 0.2) is 0 Å². The van der Waals surface area contributed by atoms with Gasteiger partial charge in [-0.15, -0.1) is 12.6 Å². The van der Waals surface area contributed by atoms with Crippen LogP contribution in [0.25, 0.3) is 34.3 Å². The van der Waals surface area contributed by atoms with Crippen molar-refractivity contribution >= 4 is 41.4 Å². The molecule has 0 aliphatic heterocycles. The quantitative estimate of drug-likeness (QED) is 0.0923. The van der Waals surface area contributed by atoms with E-state index in [0.717, 1.165) is 67.5 Å². The van der Waals surface area contributed by atoms with Crippen LogP contribution in [0, 0.1) is 35.1 Å². The number of rotatable bonds is 8. The summed E-state index contributed by atoms with van der Waals surface area (Å²) in [6.45, 7) is 26.9. The number of thiol groups is 1. The molecule has 2 heteroatoms. The zero-order valence-corrected chi connectivity index (χ0v) is 41.9. The minimum Gasteiger partial charge on any atom is -0.316 e. The molecule has 0 N–H and O–H groups in total. The van der Waals surface area contributed by atoms with Gasteiger partial charge in [-0.05, 0) is 184 Å². The first kappa shape index (κ1) is 45.6. The third-order valence-corrected chi connectivity index (χ3v) is 15.4. The van der Waals surface area contributed by atoms with Crippen LogP contribution in [0.3, 0.4) is 0 Å². The molecule has 4 aliphatic carbocycles. The van der Waals surface area contributed by atoms with Crippen molar-refractivity contribution in [3.05, 3.63) is 251 Å². The number of hydrogen-bond acceptors (Lipinski definition) is 2. The average molecular weight is 890 g/mol. The van der Waals surface area contributed by atoms with E-state index in [1.54, 1.807) is 0 Å². The van der Waals surface area contributed by atoms with E-state index < -0.39 is 5.41 Å². The number of benzene rings is 5. The third kappa shape index (κ3) is 7.63. The number of hydrogen-bond donors (Lipinski definition) is 1. The summed E-state index contributed by atoms with van der Waals surface area (Å²) in [6, 6.07) is 36.1. The summed E-state index contributed by atoms with van der Waals surface area (Å²) in [7, 11) is 0. The molecule has 0 aromatic heterocycles. The Hall–Kier alpha value is -6.53. The summed E-state index contributed by atoms with van der Waals surface area (Å²) in [6.07, 6.45) is 25.0. The van der Waals surface area contributed by atoms with Crippen LogP contribution in [-0.4, -0.2) is 0 Å². The maximum absolute atomic E-state index is 5.50. The highest BCUT2D eigenvalue weighted by molar-refractivity contribution is 7.90. The molecule has 4 bridgehead atoms. The van der Waals surface area contributed by atoms with Crippen molar-refractivity contribution in [2.45, 2.75) is 87.5 Å². The van der Waals surface area contributed by atoms with Crippen LogP contribution in [0.1, 0.15) is 107 Å². The lowest BCUT2D eigenvalue weighted by Crippen LogP contribution is -2.38. The van der Waals surface area contributed by atoms with Crippen LogP contribution >= 0.6 is 12.6 Å². The minimum absolute atomic E-state index is 0.0220. The van der Waals surface area contributed by atoms with E-state index >= 15 is 0 Å². The molecule has 5 aromatic rings. The molecule has 0 unspecified atom stereocenters. The molecule has 0 fully saturated rings. The molecule has 4 aliphatic rings. The van der Waals surface area contributed by atoms with Crippen LogP contribution in [0.2, 0.25) is 0 Å². The lowest BCUT2D eigenvalue weighted by molar-refractivity contribution is 0.273. The van der Waals surface area contributed by atoms with Crippen molar-refractivity contribution in [1.29, 1.82) is 0 Å².